The van der Waals surface area contributed by atoms with E-state index in [0.717, 1.165) is 16.9 Å². The molecule has 0 heterocycles. The van der Waals surface area contributed by atoms with Crippen LogP contribution in [0.5, 0.6) is 5.75 Å². The third kappa shape index (κ3) is 5.59. The Morgan fingerprint density at radius 1 is 1.12 bits per heavy atom. The zero-order valence-electron chi connectivity index (χ0n) is 13.9. The molecule has 0 spiro atoms. The van der Waals surface area contributed by atoms with Crippen LogP contribution in [-0.4, -0.2) is 23.8 Å². The molecule has 2 aromatic carbocycles. The summed E-state index contributed by atoms with van der Waals surface area (Å²) < 4.78 is 5.87. The lowest BCUT2D eigenvalue weighted by Crippen LogP contribution is -2.43. The summed E-state index contributed by atoms with van der Waals surface area (Å²) in [6, 6.07) is 17.0. The van der Waals surface area contributed by atoms with Crippen molar-refractivity contribution < 1.29 is 14.6 Å². The summed E-state index contributed by atoms with van der Waals surface area (Å²) >= 11 is 0. The van der Waals surface area contributed by atoms with Gasteiger partial charge in [-0.05, 0) is 18.1 Å². The average Bonchev–Trinajstić information content (AvgIpc) is 2.64. The zero-order valence-corrected chi connectivity index (χ0v) is 13.9. The van der Waals surface area contributed by atoms with E-state index in [4.69, 9.17) is 9.84 Å². The monoisotopic (exact) mass is 328 g/mol. The van der Waals surface area contributed by atoms with E-state index in [1.807, 2.05) is 61.5 Å². The maximum atomic E-state index is 11.9. The number of hydrogen-bond acceptors (Lipinski definition) is 3. The number of urea groups is 1. The van der Waals surface area contributed by atoms with E-state index in [9.17, 15) is 4.79 Å². The number of amides is 2. The Bertz CT molecular complexity index is 628. The predicted molar refractivity (Wildman–Crippen MR) is 93.8 cm³/mol. The molecule has 0 aromatic heterocycles. The fraction of sp³-hybridized carbons (Fsp3) is 0.316. The Kier molecular flexibility index (Phi) is 7.11. The van der Waals surface area contributed by atoms with Gasteiger partial charge in [-0.1, -0.05) is 55.5 Å². The minimum absolute atomic E-state index is 0.0688. The molecule has 128 valence electrons. The summed E-state index contributed by atoms with van der Waals surface area (Å²) in [4.78, 5) is 11.9. The molecule has 0 aliphatic rings. The highest BCUT2D eigenvalue weighted by atomic mass is 16.5. The summed E-state index contributed by atoms with van der Waals surface area (Å²) in [6.45, 7) is 2.68. The highest BCUT2D eigenvalue weighted by molar-refractivity contribution is 5.74. The lowest BCUT2D eigenvalue weighted by molar-refractivity contribution is 0.214. The fourth-order valence-corrected chi connectivity index (χ4v) is 2.21. The largest absolute Gasteiger partial charge is 0.489 e. The van der Waals surface area contributed by atoms with E-state index < -0.39 is 0 Å². The maximum Gasteiger partial charge on any atom is 0.315 e. The van der Waals surface area contributed by atoms with Crippen molar-refractivity contribution in [2.24, 2.45) is 0 Å². The second kappa shape index (κ2) is 9.57. The second-order valence-electron chi connectivity index (χ2n) is 5.50. The van der Waals surface area contributed by atoms with Crippen LogP contribution in [0.3, 0.4) is 0 Å². The Morgan fingerprint density at radius 3 is 2.54 bits per heavy atom. The average molecular weight is 328 g/mol. The van der Waals surface area contributed by atoms with Crippen molar-refractivity contribution in [3.63, 3.8) is 0 Å². The highest BCUT2D eigenvalue weighted by Crippen LogP contribution is 2.19. The van der Waals surface area contributed by atoms with Gasteiger partial charge in [-0.3, -0.25) is 0 Å². The first-order valence-corrected chi connectivity index (χ1v) is 8.12. The van der Waals surface area contributed by atoms with Gasteiger partial charge in [-0.25, -0.2) is 4.79 Å². The quantitative estimate of drug-likeness (QED) is 0.698. The summed E-state index contributed by atoms with van der Waals surface area (Å²) in [5.41, 5.74) is 1.99. The molecule has 0 fully saturated rings. The van der Waals surface area contributed by atoms with Gasteiger partial charge in [-0.15, -0.1) is 0 Å². The smallest absolute Gasteiger partial charge is 0.315 e. The highest BCUT2D eigenvalue weighted by Gasteiger charge is 2.10. The molecule has 2 aromatic rings. The number of carbonyl (C=O) groups excluding carboxylic acids is 1. The number of para-hydroxylation sites is 1. The molecule has 1 atom stereocenters. The Balaban J connectivity index is 1.90. The fourth-order valence-electron chi connectivity index (χ4n) is 2.21. The number of nitrogens with one attached hydrogen (secondary N) is 2. The number of carbonyl (C=O) groups is 1. The maximum absolute atomic E-state index is 11.9. The van der Waals surface area contributed by atoms with E-state index in [0.29, 0.717) is 19.6 Å². The van der Waals surface area contributed by atoms with Crippen LogP contribution in [0.1, 0.15) is 24.5 Å². The van der Waals surface area contributed by atoms with Crippen molar-refractivity contribution in [2.45, 2.75) is 32.5 Å². The number of ether oxygens (including phenoxy) is 1. The SMILES string of the molecule is CCC(CO)NC(=O)NCc1ccccc1OCc1ccccc1. The molecule has 0 aliphatic carbocycles. The molecule has 0 aliphatic heterocycles. The van der Waals surface area contributed by atoms with Crippen molar-refractivity contribution in [1.29, 1.82) is 0 Å². The molecular formula is C19H24N2O3. The van der Waals surface area contributed by atoms with Gasteiger partial charge in [0.25, 0.3) is 0 Å². The van der Waals surface area contributed by atoms with Crippen LogP contribution in [0.25, 0.3) is 0 Å². The van der Waals surface area contributed by atoms with Gasteiger partial charge >= 0.3 is 6.03 Å². The minimum Gasteiger partial charge on any atom is -0.489 e. The van der Waals surface area contributed by atoms with Crippen LogP contribution >= 0.6 is 0 Å². The van der Waals surface area contributed by atoms with Crippen molar-refractivity contribution in [1.82, 2.24) is 10.6 Å². The van der Waals surface area contributed by atoms with Crippen molar-refractivity contribution in [3.05, 3.63) is 65.7 Å². The van der Waals surface area contributed by atoms with Gasteiger partial charge in [-0.2, -0.15) is 0 Å². The van der Waals surface area contributed by atoms with E-state index >= 15 is 0 Å². The summed E-state index contributed by atoms with van der Waals surface area (Å²) in [5, 5.41) is 14.6. The molecule has 3 N–H and O–H groups in total. The Hall–Kier alpha value is -2.53. The van der Waals surface area contributed by atoms with Gasteiger partial charge in [0.15, 0.2) is 0 Å². The molecule has 5 heteroatoms. The summed E-state index contributed by atoms with van der Waals surface area (Å²) in [7, 11) is 0. The number of benzene rings is 2. The van der Waals surface area contributed by atoms with Gasteiger partial charge in [0.2, 0.25) is 0 Å². The van der Waals surface area contributed by atoms with Crippen LogP contribution in [-0.2, 0) is 13.2 Å². The van der Waals surface area contributed by atoms with Crippen molar-refractivity contribution in [3.8, 4) is 5.75 Å². The zero-order chi connectivity index (χ0) is 17.2. The first-order valence-electron chi connectivity index (χ1n) is 8.12. The van der Waals surface area contributed by atoms with E-state index in [1.54, 1.807) is 0 Å². The third-order valence-corrected chi connectivity index (χ3v) is 3.70. The second-order valence-corrected chi connectivity index (χ2v) is 5.50. The first kappa shape index (κ1) is 17.8. The van der Waals surface area contributed by atoms with Crippen LogP contribution < -0.4 is 15.4 Å². The molecule has 0 saturated carbocycles. The number of rotatable bonds is 8. The first-order chi connectivity index (χ1) is 11.7. The standard InChI is InChI=1S/C19H24N2O3/c1-2-17(13-22)21-19(23)20-12-16-10-6-7-11-18(16)24-14-15-8-4-3-5-9-15/h3-11,17,22H,2,12-14H2,1H3,(H2,20,21,23). The van der Waals surface area contributed by atoms with Crippen LogP contribution in [0, 0.1) is 0 Å². The minimum atomic E-state index is -0.297. The van der Waals surface area contributed by atoms with E-state index in [1.165, 1.54) is 0 Å². The molecule has 24 heavy (non-hydrogen) atoms. The van der Waals surface area contributed by atoms with Gasteiger partial charge < -0.3 is 20.5 Å². The molecular weight excluding hydrogens is 304 g/mol. The summed E-state index contributed by atoms with van der Waals surface area (Å²) in [6.07, 6.45) is 0.681. The predicted octanol–water partition coefficient (Wildman–Crippen LogP) is 2.84. The third-order valence-electron chi connectivity index (χ3n) is 3.70. The lowest BCUT2D eigenvalue weighted by Gasteiger charge is -2.16. The summed E-state index contributed by atoms with van der Waals surface area (Å²) in [5.74, 6) is 0.746. The Labute approximate surface area is 142 Å². The van der Waals surface area contributed by atoms with Gasteiger partial charge in [0.1, 0.15) is 12.4 Å². The number of aliphatic hydroxyl groups is 1. The molecule has 5 nitrogen and oxygen atoms in total. The van der Waals surface area contributed by atoms with Crippen LogP contribution in [0.15, 0.2) is 54.6 Å². The van der Waals surface area contributed by atoms with Crippen molar-refractivity contribution in [2.75, 3.05) is 6.61 Å². The molecule has 0 bridgehead atoms. The molecule has 2 rings (SSSR count). The molecule has 0 saturated heterocycles. The molecule has 1 unspecified atom stereocenters. The normalized spacial score (nSPS) is 11.6. The van der Waals surface area contributed by atoms with Crippen LogP contribution in [0.2, 0.25) is 0 Å². The van der Waals surface area contributed by atoms with Crippen LogP contribution in [0.4, 0.5) is 4.79 Å². The van der Waals surface area contributed by atoms with E-state index in [-0.39, 0.29) is 18.7 Å². The van der Waals surface area contributed by atoms with Gasteiger partial charge in [0, 0.05) is 12.1 Å². The van der Waals surface area contributed by atoms with Crippen molar-refractivity contribution >= 4 is 6.03 Å². The molecule has 0 radical (unpaired) electrons. The topological polar surface area (TPSA) is 70.6 Å². The van der Waals surface area contributed by atoms with E-state index in [2.05, 4.69) is 10.6 Å². The number of hydrogen-bond donors (Lipinski definition) is 3. The number of aliphatic hydroxyl groups excluding tert-OH is 1. The molecule has 2 amide bonds. The lowest BCUT2D eigenvalue weighted by atomic mass is 10.2. The Morgan fingerprint density at radius 2 is 1.83 bits per heavy atom. The van der Waals surface area contributed by atoms with Gasteiger partial charge in [0.05, 0.1) is 12.6 Å².